The van der Waals surface area contributed by atoms with Crippen molar-refractivity contribution in [2.75, 3.05) is 19.0 Å². The lowest BCUT2D eigenvalue weighted by atomic mass is 9.75. The van der Waals surface area contributed by atoms with Gasteiger partial charge in [-0.2, -0.15) is 0 Å². The first-order valence-electron chi connectivity index (χ1n) is 9.84. The number of allylic oxidation sites excluding steroid dienone is 1. The van der Waals surface area contributed by atoms with Gasteiger partial charge in [-0.15, -0.1) is 0 Å². The minimum atomic E-state index is -0.500. The van der Waals surface area contributed by atoms with E-state index in [0.717, 1.165) is 34.6 Å². The largest absolute Gasteiger partial charge is 0.497 e. The Morgan fingerprint density at radius 2 is 2.03 bits per heavy atom. The van der Waals surface area contributed by atoms with Gasteiger partial charge in [0.15, 0.2) is 0 Å². The highest BCUT2D eigenvalue weighted by Gasteiger charge is 2.55. The summed E-state index contributed by atoms with van der Waals surface area (Å²) >= 11 is 0. The molecule has 1 aliphatic heterocycles. The zero-order valence-electron chi connectivity index (χ0n) is 16.6. The Morgan fingerprint density at radius 1 is 1.24 bits per heavy atom. The summed E-state index contributed by atoms with van der Waals surface area (Å²) in [6.45, 7) is 4.57. The molecule has 0 aromatic heterocycles. The summed E-state index contributed by atoms with van der Waals surface area (Å²) in [7, 11) is 1.61. The van der Waals surface area contributed by atoms with Crippen LogP contribution < -0.4 is 10.1 Å². The lowest BCUT2D eigenvalue weighted by molar-refractivity contribution is -0.146. The number of benzene rings is 2. The van der Waals surface area contributed by atoms with Crippen molar-refractivity contribution in [2.24, 2.45) is 11.3 Å². The van der Waals surface area contributed by atoms with Gasteiger partial charge in [0.2, 0.25) is 5.91 Å². The number of fused-ring (bicyclic) bond motifs is 1. The molecule has 1 aliphatic carbocycles. The molecule has 4 rings (SSSR count). The summed E-state index contributed by atoms with van der Waals surface area (Å²) in [6, 6.07) is 15.2. The van der Waals surface area contributed by atoms with E-state index in [0.29, 0.717) is 19.4 Å². The highest BCUT2D eigenvalue weighted by atomic mass is 16.5. The first-order chi connectivity index (χ1) is 14.0. The fourth-order valence-corrected chi connectivity index (χ4v) is 4.56. The van der Waals surface area contributed by atoms with E-state index in [-0.39, 0.29) is 24.2 Å². The summed E-state index contributed by atoms with van der Waals surface area (Å²) in [5, 5.41) is 2.96. The molecule has 1 amide bonds. The second-order valence-corrected chi connectivity index (χ2v) is 8.04. The number of carbonyl (C=O) groups is 2. The summed E-state index contributed by atoms with van der Waals surface area (Å²) in [5.74, 6) is 0.719. The molecule has 5 heteroatoms. The molecule has 0 radical (unpaired) electrons. The van der Waals surface area contributed by atoms with Crippen LogP contribution in [0.3, 0.4) is 0 Å². The van der Waals surface area contributed by atoms with Crippen LogP contribution in [0.1, 0.15) is 24.0 Å². The molecule has 2 aromatic carbocycles. The lowest BCUT2D eigenvalue weighted by Crippen LogP contribution is -2.31. The molecule has 150 valence electrons. The summed E-state index contributed by atoms with van der Waals surface area (Å²) in [6.07, 6.45) is 2.40. The van der Waals surface area contributed by atoms with Crippen LogP contribution in [-0.2, 0) is 27.2 Å². The van der Waals surface area contributed by atoms with Crippen LogP contribution in [0.25, 0.3) is 0 Å². The van der Waals surface area contributed by atoms with Crippen molar-refractivity contribution >= 4 is 17.6 Å². The molecule has 2 aromatic rings. The van der Waals surface area contributed by atoms with Gasteiger partial charge in [-0.25, -0.2) is 0 Å². The van der Waals surface area contributed by atoms with Crippen molar-refractivity contribution in [1.29, 1.82) is 0 Å². The monoisotopic (exact) mass is 391 g/mol. The first-order valence-corrected chi connectivity index (χ1v) is 9.84. The van der Waals surface area contributed by atoms with Crippen molar-refractivity contribution in [1.82, 2.24) is 0 Å². The van der Waals surface area contributed by atoms with Crippen molar-refractivity contribution < 1.29 is 19.1 Å². The van der Waals surface area contributed by atoms with E-state index in [2.05, 4.69) is 11.9 Å². The zero-order valence-corrected chi connectivity index (χ0v) is 16.6. The molecule has 0 spiro atoms. The lowest BCUT2D eigenvalue weighted by Gasteiger charge is -2.24. The number of amides is 1. The topological polar surface area (TPSA) is 64.6 Å². The Morgan fingerprint density at radius 3 is 2.86 bits per heavy atom. The predicted octanol–water partition coefficient (Wildman–Crippen LogP) is 3.93. The van der Waals surface area contributed by atoms with Crippen molar-refractivity contribution in [3.63, 3.8) is 0 Å². The van der Waals surface area contributed by atoms with Gasteiger partial charge in [-0.05, 0) is 54.7 Å². The van der Waals surface area contributed by atoms with Gasteiger partial charge in [0, 0.05) is 11.6 Å². The van der Waals surface area contributed by atoms with Crippen molar-refractivity contribution in [3.05, 3.63) is 71.8 Å². The van der Waals surface area contributed by atoms with Gasteiger partial charge in [0.05, 0.1) is 25.6 Å². The molecule has 2 unspecified atom stereocenters. The molecule has 2 fully saturated rings. The average molecular weight is 391 g/mol. The normalized spacial score (nSPS) is 22.9. The van der Waals surface area contributed by atoms with E-state index in [9.17, 15) is 9.59 Å². The number of esters is 1. The van der Waals surface area contributed by atoms with Gasteiger partial charge in [-0.1, -0.05) is 36.4 Å². The fourth-order valence-electron chi connectivity index (χ4n) is 4.56. The smallest absolute Gasteiger partial charge is 0.313 e. The molecule has 1 saturated carbocycles. The summed E-state index contributed by atoms with van der Waals surface area (Å²) in [5.41, 5.74) is 3.25. The maximum absolute atomic E-state index is 12.5. The molecule has 29 heavy (non-hydrogen) atoms. The second kappa shape index (κ2) is 7.74. The van der Waals surface area contributed by atoms with Crippen LogP contribution in [0.15, 0.2) is 60.7 Å². The quantitative estimate of drug-likeness (QED) is 0.599. The molecule has 1 N–H and O–H groups in total. The number of hydrogen-bond acceptors (Lipinski definition) is 4. The minimum absolute atomic E-state index is 0.0963. The Labute approximate surface area is 170 Å². The van der Waals surface area contributed by atoms with Gasteiger partial charge >= 0.3 is 5.97 Å². The van der Waals surface area contributed by atoms with Crippen LogP contribution in [0.4, 0.5) is 5.69 Å². The minimum Gasteiger partial charge on any atom is -0.497 e. The third kappa shape index (κ3) is 3.90. The van der Waals surface area contributed by atoms with Crippen molar-refractivity contribution in [3.8, 4) is 5.75 Å². The summed E-state index contributed by atoms with van der Waals surface area (Å²) in [4.78, 5) is 25.0. The van der Waals surface area contributed by atoms with E-state index in [1.54, 1.807) is 7.11 Å². The average Bonchev–Trinajstić information content (AvgIpc) is 3.16. The van der Waals surface area contributed by atoms with Crippen LogP contribution in [0.2, 0.25) is 0 Å². The van der Waals surface area contributed by atoms with Crippen molar-refractivity contribution in [2.45, 2.75) is 25.7 Å². The van der Waals surface area contributed by atoms with Gasteiger partial charge in [0.1, 0.15) is 5.75 Å². The Balaban J connectivity index is 1.45. The standard InChI is InChI=1S/C24H25NO4/c1-16-9-19-15-29-23(27)24(19,13-16)14-18-6-3-7-20(10-18)25-22(26)12-17-5-4-8-21(11-17)28-2/h3-8,10-11,19H,1,9,12-15H2,2H3,(H,25,26). The van der Waals surface area contributed by atoms with Gasteiger partial charge < -0.3 is 14.8 Å². The molecule has 2 atom stereocenters. The molecular weight excluding hydrogens is 366 g/mol. The third-order valence-electron chi connectivity index (χ3n) is 5.93. The van der Waals surface area contributed by atoms with E-state index in [4.69, 9.17) is 9.47 Å². The molecule has 1 saturated heterocycles. The maximum atomic E-state index is 12.5. The predicted molar refractivity (Wildman–Crippen MR) is 111 cm³/mol. The van der Waals surface area contributed by atoms with E-state index < -0.39 is 5.41 Å². The maximum Gasteiger partial charge on any atom is 0.313 e. The van der Waals surface area contributed by atoms with E-state index in [1.807, 2.05) is 48.5 Å². The van der Waals surface area contributed by atoms with Gasteiger partial charge in [-0.3, -0.25) is 9.59 Å². The van der Waals surface area contributed by atoms with Crippen LogP contribution in [0, 0.1) is 11.3 Å². The molecule has 0 bridgehead atoms. The summed E-state index contributed by atoms with van der Waals surface area (Å²) < 4.78 is 10.6. The SMILES string of the molecule is C=C1CC2COC(=O)C2(Cc2cccc(NC(=O)Cc3cccc(OC)c3)c2)C1. The highest BCUT2D eigenvalue weighted by Crippen LogP contribution is 2.52. The second-order valence-electron chi connectivity index (χ2n) is 8.04. The molecular formula is C24H25NO4. The van der Waals surface area contributed by atoms with Crippen LogP contribution >= 0.6 is 0 Å². The molecule has 2 aliphatic rings. The van der Waals surface area contributed by atoms with E-state index in [1.165, 1.54) is 0 Å². The highest BCUT2D eigenvalue weighted by molar-refractivity contribution is 5.92. The molecule has 5 nitrogen and oxygen atoms in total. The third-order valence-corrected chi connectivity index (χ3v) is 5.93. The van der Waals surface area contributed by atoms with E-state index >= 15 is 0 Å². The first kappa shape index (κ1) is 19.2. The number of nitrogens with one attached hydrogen (secondary N) is 1. The Hall–Kier alpha value is -3.08. The fraction of sp³-hybridized carbons (Fsp3) is 0.333. The Kier molecular flexibility index (Phi) is 5.14. The number of methoxy groups -OCH3 is 1. The Bertz CT molecular complexity index is 967. The zero-order chi connectivity index (χ0) is 20.4. The molecule has 1 heterocycles. The number of rotatable bonds is 6. The number of carbonyl (C=O) groups excluding carboxylic acids is 2. The number of cyclic esters (lactones) is 1. The number of ether oxygens (including phenoxy) is 2. The number of anilines is 1. The van der Waals surface area contributed by atoms with Crippen LogP contribution in [0.5, 0.6) is 5.75 Å². The van der Waals surface area contributed by atoms with Gasteiger partial charge in [0.25, 0.3) is 0 Å². The van der Waals surface area contributed by atoms with Crippen LogP contribution in [-0.4, -0.2) is 25.6 Å². The number of hydrogen-bond donors (Lipinski definition) is 1.